The van der Waals surface area contributed by atoms with E-state index in [1.54, 1.807) is 11.0 Å². The van der Waals surface area contributed by atoms with Crippen LogP contribution in [0.1, 0.15) is 5.56 Å². The lowest BCUT2D eigenvalue weighted by atomic mass is 10.2. The van der Waals surface area contributed by atoms with Crippen molar-refractivity contribution in [2.45, 2.75) is 6.92 Å². The Hall–Kier alpha value is -2.18. The van der Waals surface area contributed by atoms with Gasteiger partial charge in [-0.2, -0.15) is 5.10 Å². The third-order valence-corrected chi connectivity index (χ3v) is 4.46. The van der Waals surface area contributed by atoms with E-state index in [-0.39, 0.29) is 0 Å². The molecule has 23 heavy (non-hydrogen) atoms. The molecule has 0 bridgehead atoms. The van der Waals surface area contributed by atoms with Crippen molar-refractivity contribution in [1.29, 1.82) is 0 Å². The summed E-state index contributed by atoms with van der Waals surface area (Å²) in [6.07, 6.45) is 3.40. The van der Waals surface area contributed by atoms with Crippen LogP contribution in [-0.2, 0) is 4.74 Å². The molecule has 6 nitrogen and oxygen atoms in total. The van der Waals surface area contributed by atoms with Gasteiger partial charge in [0, 0.05) is 18.1 Å². The first-order valence-electron chi connectivity index (χ1n) is 7.52. The van der Waals surface area contributed by atoms with Gasteiger partial charge in [-0.05, 0) is 24.6 Å². The molecule has 0 spiro atoms. The summed E-state index contributed by atoms with van der Waals surface area (Å²) >= 11 is 6.24. The molecule has 0 N–H and O–H groups in total. The zero-order chi connectivity index (χ0) is 15.8. The van der Waals surface area contributed by atoms with Crippen LogP contribution < -0.4 is 4.90 Å². The van der Waals surface area contributed by atoms with Crippen molar-refractivity contribution in [2.75, 3.05) is 31.2 Å². The number of rotatable bonds is 2. The number of hydrogen-bond acceptors (Lipinski definition) is 5. The van der Waals surface area contributed by atoms with E-state index in [0.717, 1.165) is 41.2 Å². The summed E-state index contributed by atoms with van der Waals surface area (Å²) in [5.41, 5.74) is 2.71. The molecule has 1 aromatic carbocycles. The van der Waals surface area contributed by atoms with E-state index in [1.165, 1.54) is 0 Å². The van der Waals surface area contributed by atoms with Crippen molar-refractivity contribution in [3.8, 4) is 5.69 Å². The van der Waals surface area contributed by atoms with Gasteiger partial charge in [-0.3, -0.25) is 0 Å². The standard InChI is InChI=1S/C16H16ClN5O/c1-11-2-3-12(8-14(11)17)22-16-13(9-20-22)15(18-10-19-16)21-4-6-23-7-5-21/h2-3,8-10H,4-7H2,1H3. The van der Waals surface area contributed by atoms with Crippen LogP contribution in [0.3, 0.4) is 0 Å². The molecule has 1 fully saturated rings. The van der Waals surface area contributed by atoms with E-state index in [4.69, 9.17) is 16.3 Å². The van der Waals surface area contributed by atoms with Gasteiger partial charge in [0.05, 0.1) is 30.5 Å². The van der Waals surface area contributed by atoms with Gasteiger partial charge in [0.2, 0.25) is 0 Å². The van der Waals surface area contributed by atoms with Gasteiger partial charge in [0.15, 0.2) is 5.65 Å². The van der Waals surface area contributed by atoms with Crippen molar-refractivity contribution < 1.29 is 4.74 Å². The van der Waals surface area contributed by atoms with Crippen LogP contribution in [0.2, 0.25) is 5.02 Å². The van der Waals surface area contributed by atoms with Crippen molar-refractivity contribution in [2.24, 2.45) is 0 Å². The topological polar surface area (TPSA) is 56.1 Å². The van der Waals surface area contributed by atoms with Crippen LogP contribution in [0.15, 0.2) is 30.7 Å². The summed E-state index contributed by atoms with van der Waals surface area (Å²) in [4.78, 5) is 11.1. The maximum absolute atomic E-state index is 6.24. The highest BCUT2D eigenvalue weighted by Crippen LogP contribution is 2.26. The zero-order valence-electron chi connectivity index (χ0n) is 12.7. The summed E-state index contributed by atoms with van der Waals surface area (Å²) in [7, 11) is 0. The Labute approximate surface area is 138 Å². The van der Waals surface area contributed by atoms with Gasteiger partial charge in [-0.25, -0.2) is 14.6 Å². The van der Waals surface area contributed by atoms with Crippen molar-refractivity contribution in [3.63, 3.8) is 0 Å². The predicted molar refractivity (Wildman–Crippen MR) is 89.4 cm³/mol. The molecule has 0 atom stereocenters. The van der Waals surface area contributed by atoms with E-state index >= 15 is 0 Å². The fourth-order valence-corrected chi connectivity index (χ4v) is 2.94. The molecule has 0 aliphatic carbocycles. The van der Waals surface area contributed by atoms with Gasteiger partial charge in [-0.15, -0.1) is 0 Å². The second-order valence-electron chi connectivity index (χ2n) is 5.52. The van der Waals surface area contributed by atoms with E-state index in [2.05, 4.69) is 20.0 Å². The number of aryl methyl sites for hydroxylation is 1. The summed E-state index contributed by atoms with van der Waals surface area (Å²) < 4.78 is 7.21. The van der Waals surface area contributed by atoms with Crippen LogP contribution in [0.25, 0.3) is 16.7 Å². The summed E-state index contributed by atoms with van der Waals surface area (Å²) in [5.74, 6) is 0.905. The molecular formula is C16H16ClN5O. The summed E-state index contributed by atoms with van der Waals surface area (Å²) in [6.45, 7) is 5.06. The maximum atomic E-state index is 6.24. The van der Waals surface area contributed by atoms with Crippen LogP contribution >= 0.6 is 11.6 Å². The third kappa shape index (κ3) is 2.54. The fourth-order valence-electron chi connectivity index (χ4n) is 2.76. The Bertz CT molecular complexity index is 857. The predicted octanol–water partition coefficient (Wildman–Crippen LogP) is 2.61. The molecule has 3 aromatic rings. The van der Waals surface area contributed by atoms with Crippen LogP contribution in [0.5, 0.6) is 0 Å². The Kier molecular flexibility index (Phi) is 3.63. The lowest BCUT2D eigenvalue weighted by Gasteiger charge is -2.27. The molecule has 0 amide bonds. The smallest absolute Gasteiger partial charge is 0.168 e. The van der Waals surface area contributed by atoms with Gasteiger partial charge >= 0.3 is 0 Å². The Morgan fingerprint density at radius 3 is 2.78 bits per heavy atom. The SMILES string of the molecule is Cc1ccc(-n2ncc3c(N4CCOCC4)ncnc32)cc1Cl. The minimum absolute atomic E-state index is 0.715. The van der Waals surface area contributed by atoms with Gasteiger partial charge in [0.1, 0.15) is 12.1 Å². The van der Waals surface area contributed by atoms with Gasteiger partial charge in [0.25, 0.3) is 0 Å². The second kappa shape index (κ2) is 5.79. The quantitative estimate of drug-likeness (QED) is 0.723. The minimum Gasteiger partial charge on any atom is -0.378 e. The minimum atomic E-state index is 0.715. The second-order valence-corrected chi connectivity index (χ2v) is 5.93. The van der Waals surface area contributed by atoms with E-state index < -0.39 is 0 Å². The number of ether oxygens (including phenoxy) is 1. The average Bonchev–Trinajstić information content (AvgIpc) is 3.02. The first kappa shape index (κ1) is 14.4. The highest BCUT2D eigenvalue weighted by atomic mass is 35.5. The van der Waals surface area contributed by atoms with Crippen molar-refractivity contribution in [1.82, 2.24) is 19.7 Å². The highest BCUT2D eigenvalue weighted by Gasteiger charge is 2.18. The molecule has 0 saturated carbocycles. The molecule has 118 valence electrons. The van der Waals surface area contributed by atoms with E-state index in [1.807, 2.05) is 31.3 Å². The molecule has 4 rings (SSSR count). The summed E-state index contributed by atoms with van der Waals surface area (Å²) in [6, 6.07) is 5.87. The molecule has 3 heterocycles. The highest BCUT2D eigenvalue weighted by molar-refractivity contribution is 6.31. The van der Waals surface area contributed by atoms with Crippen molar-refractivity contribution >= 4 is 28.5 Å². The maximum Gasteiger partial charge on any atom is 0.168 e. The van der Waals surface area contributed by atoms with Crippen LogP contribution in [0.4, 0.5) is 5.82 Å². The monoisotopic (exact) mass is 329 g/mol. The van der Waals surface area contributed by atoms with Gasteiger partial charge in [-0.1, -0.05) is 17.7 Å². The molecule has 1 aliphatic heterocycles. The van der Waals surface area contributed by atoms with Crippen molar-refractivity contribution in [3.05, 3.63) is 41.3 Å². The van der Waals surface area contributed by atoms with Crippen LogP contribution in [0, 0.1) is 6.92 Å². The van der Waals surface area contributed by atoms with E-state index in [0.29, 0.717) is 18.2 Å². The summed E-state index contributed by atoms with van der Waals surface area (Å²) in [5, 5.41) is 6.14. The Balaban J connectivity index is 1.82. The number of benzene rings is 1. The molecule has 1 aliphatic rings. The Morgan fingerprint density at radius 2 is 2.00 bits per heavy atom. The lowest BCUT2D eigenvalue weighted by molar-refractivity contribution is 0.122. The lowest BCUT2D eigenvalue weighted by Crippen LogP contribution is -2.36. The molecule has 0 radical (unpaired) electrons. The molecule has 2 aromatic heterocycles. The van der Waals surface area contributed by atoms with Gasteiger partial charge < -0.3 is 9.64 Å². The first-order valence-corrected chi connectivity index (χ1v) is 7.90. The molecule has 1 saturated heterocycles. The number of aromatic nitrogens is 4. The molecule has 7 heteroatoms. The number of nitrogens with zero attached hydrogens (tertiary/aromatic N) is 5. The Morgan fingerprint density at radius 1 is 1.17 bits per heavy atom. The third-order valence-electron chi connectivity index (χ3n) is 4.06. The largest absolute Gasteiger partial charge is 0.378 e. The number of anilines is 1. The zero-order valence-corrected chi connectivity index (χ0v) is 13.5. The number of hydrogen-bond donors (Lipinski definition) is 0. The molecule has 0 unspecified atom stereocenters. The number of fused-ring (bicyclic) bond motifs is 1. The number of halogens is 1. The molecular weight excluding hydrogens is 314 g/mol. The number of morpholine rings is 1. The average molecular weight is 330 g/mol. The fraction of sp³-hybridized carbons (Fsp3) is 0.312. The van der Waals surface area contributed by atoms with Crippen LogP contribution in [-0.4, -0.2) is 46.1 Å². The van der Waals surface area contributed by atoms with E-state index in [9.17, 15) is 0 Å². The first-order chi connectivity index (χ1) is 11.2. The normalized spacial score (nSPS) is 15.3.